The van der Waals surface area contributed by atoms with Gasteiger partial charge in [-0.05, 0) is 18.4 Å². The molecule has 9 heteroatoms. The number of sulfonamides is 1. The van der Waals surface area contributed by atoms with E-state index >= 15 is 0 Å². The summed E-state index contributed by atoms with van der Waals surface area (Å²) in [5, 5.41) is 11.8. The van der Waals surface area contributed by atoms with Crippen LogP contribution in [0.3, 0.4) is 0 Å². The standard InChI is InChI=1S/C15H25N3O5S/c1-10(2)6-11(15(20)21)8-16-14(19)13-7-12(9-18(13)5)24(22,23)17(3)4/h7,9-11H,6,8H2,1-5H3,(H,16,19)(H,20,21). The number of aryl methyl sites for hydroxylation is 1. The van der Waals surface area contributed by atoms with Gasteiger partial charge in [-0.25, -0.2) is 12.7 Å². The van der Waals surface area contributed by atoms with E-state index in [4.69, 9.17) is 0 Å². The molecule has 0 bridgehead atoms. The van der Waals surface area contributed by atoms with Crippen LogP contribution in [0.2, 0.25) is 0 Å². The summed E-state index contributed by atoms with van der Waals surface area (Å²) in [7, 11) is 0.744. The lowest BCUT2D eigenvalue weighted by molar-refractivity contribution is -0.142. The number of hydrogen-bond acceptors (Lipinski definition) is 4. The SMILES string of the molecule is CC(C)CC(CNC(=O)c1cc(S(=O)(=O)N(C)C)cn1C)C(=O)O. The monoisotopic (exact) mass is 359 g/mol. The molecular weight excluding hydrogens is 334 g/mol. The smallest absolute Gasteiger partial charge is 0.308 e. The van der Waals surface area contributed by atoms with E-state index in [1.165, 1.54) is 30.9 Å². The van der Waals surface area contributed by atoms with Gasteiger partial charge in [0.05, 0.1) is 5.92 Å². The van der Waals surface area contributed by atoms with Crippen LogP contribution in [-0.2, 0) is 21.9 Å². The zero-order chi connectivity index (χ0) is 18.7. The summed E-state index contributed by atoms with van der Waals surface area (Å²) in [5.41, 5.74) is 0.157. The first-order chi connectivity index (χ1) is 11.0. The number of rotatable bonds is 8. The molecule has 0 saturated heterocycles. The van der Waals surface area contributed by atoms with Crippen LogP contribution in [0.25, 0.3) is 0 Å². The summed E-state index contributed by atoms with van der Waals surface area (Å²) in [6.45, 7) is 3.81. The van der Waals surface area contributed by atoms with Gasteiger partial charge in [0, 0.05) is 33.9 Å². The second kappa shape index (κ2) is 7.80. The number of nitrogens with zero attached hydrogens (tertiary/aromatic N) is 2. The van der Waals surface area contributed by atoms with Gasteiger partial charge in [0.1, 0.15) is 10.6 Å². The van der Waals surface area contributed by atoms with Gasteiger partial charge in [0.15, 0.2) is 0 Å². The molecule has 0 aliphatic heterocycles. The molecule has 8 nitrogen and oxygen atoms in total. The minimum absolute atomic E-state index is 0.00666. The molecule has 0 aliphatic rings. The third kappa shape index (κ3) is 4.81. The lowest BCUT2D eigenvalue weighted by atomic mass is 9.97. The van der Waals surface area contributed by atoms with Gasteiger partial charge in [-0.3, -0.25) is 9.59 Å². The summed E-state index contributed by atoms with van der Waals surface area (Å²) in [4.78, 5) is 23.5. The quantitative estimate of drug-likeness (QED) is 0.712. The largest absolute Gasteiger partial charge is 0.481 e. The molecule has 1 rings (SSSR count). The number of carboxylic acids is 1. The van der Waals surface area contributed by atoms with Gasteiger partial charge in [0.2, 0.25) is 10.0 Å². The van der Waals surface area contributed by atoms with E-state index in [2.05, 4.69) is 5.32 Å². The second-order valence-electron chi connectivity index (χ2n) is 6.33. The van der Waals surface area contributed by atoms with Gasteiger partial charge in [0.25, 0.3) is 5.91 Å². The highest BCUT2D eigenvalue weighted by Crippen LogP contribution is 2.17. The fourth-order valence-corrected chi connectivity index (χ4v) is 3.23. The first kappa shape index (κ1) is 20.2. The van der Waals surface area contributed by atoms with E-state index in [1.807, 2.05) is 13.8 Å². The summed E-state index contributed by atoms with van der Waals surface area (Å²) in [6.07, 6.45) is 1.80. The molecule has 1 aromatic rings. The molecule has 1 atom stereocenters. The van der Waals surface area contributed by atoms with Crippen molar-refractivity contribution in [1.29, 1.82) is 0 Å². The average molecular weight is 359 g/mol. The lowest BCUT2D eigenvalue weighted by Crippen LogP contribution is -2.34. The fourth-order valence-electron chi connectivity index (χ4n) is 2.26. The van der Waals surface area contributed by atoms with Crippen molar-refractivity contribution in [3.63, 3.8) is 0 Å². The molecular formula is C15H25N3O5S. The average Bonchev–Trinajstić information content (AvgIpc) is 2.85. The third-order valence-electron chi connectivity index (χ3n) is 3.61. The van der Waals surface area contributed by atoms with Gasteiger partial charge >= 0.3 is 5.97 Å². The van der Waals surface area contributed by atoms with E-state index in [0.29, 0.717) is 6.42 Å². The number of nitrogens with one attached hydrogen (secondary N) is 1. The number of hydrogen-bond donors (Lipinski definition) is 2. The minimum Gasteiger partial charge on any atom is -0.481 e. The van der Waals surface area contributed by atoms with Crippen LogP contribution < -0.4 is 5.32 Å². The van der Waals surface area contributed by atoms with Gasteiger partial charge < -0.3 is 15.0 Å². The van der Waals surface area contributed by atoms with Crippen molar-refractivity contribution in [2.75, 3.05) is 20.6 Å². The van der Waals surface area contributed by atoms with Crippen molar-refractivity contribution < 1.29 is 23.1 Å². The van der Waals surface area contributed by atoms with E-state index in [0.717, 1.165) is 4.31 Å². The molecule has 0 spiro atoms. The van der Waals surface area contributed by atoms with Crippen LogP contribution in [0.15, 0.2) is 17.2 Å². The Balaban J connectivity index is 2.89. The molecule has 0 radical (unpaired) electrons. The van der Waals surface area contributed by atoms with Gasteiger partial charge in [-0.15, -0.1) is 0 Å². The Labute approximate surface area is 142 Å². The Kier molecular flexibility index (Phi) is 6.56. The Hall–Kier alpha value is -1.87. The van der Waals surface area contributed by atoms with Crippen LogP contribution in [0.1, 0.15) is 30.8 Å². The Morgan fingerprint density at radius 1 is 1.33 bits per heavy atom. The zero-order valence-electron chi connectivity index (χ0n) is 14.6. The molecule has 0 aromatic carbocycles. The Morgan fingerprint density at radius 2 is 1.92 bits per heavy atom. The van der Waals surface area contributed by atoms with Crippen LogP contribution in [-0.4, -0.2) is 54.9 Å². The van der Waals surface area contributed by atoms with Crippen molar-refractivity contribution in [3.05, 3.63) is 18.0 Å². The molecule has 0 fully saturated rings. The molecule has 136 valence electrons. The topological polar surface area (TPSA) is 109 Å². The van der Waals surface area contributed by atoms with Crippen LogP contribution >= 0.6 is 0 Å². The highest BCUT2D eigenvalue weighted by atomic mass is 32.2. The van der Waals surface area contributed by atoms with Crippen molar-refractivity contribution in [2.45, 2.75) is 25.2 Å². The number of aliphatic carboxylic acids is 1. The van der Waals surface area contributed by atoms with Crippen LogP contribution in [0.4, 0.5) is 0 Å². The number of carboxylic acid groups (broad SMARTS) is 1. The molecule has 0 saturated carbocycles. The molecule has 24 heavy (non-hydrogen) atoms. The highest BCUT2D eigenvalue weighted by Gasteiger charge is 2.24. The van der Waals surface area contributed by atoms with Crippen molar-refractivity contribution in [3.8, 4) is 0 Å². The van der Waals surface area contributed by atoms with E-state index < -0.39 is 27.8 Å². The molecule has 1 amide bonds. The Morgan fingerprint density at radius 3 is 2.38 bits per heavy atom. The molecule has 1 aromatic heterocycles. The Bertz CT molecular complexity index is 707. The predicted molar refractivity (Wildman–Crippen MR) is 89.2 cm³/mol. The maximum absolute atomic E-state index is 12.3. The van der Waals surface area contributed by atoms with Crippen LogP contribution in [0, 0.1) is 11.8 Å². The number of aromatic nitrogens is 1. The molecule has 1 heterocycles. The molecule has 1 unspecified atom stereocenters. The zero-order valence-corrected chi connectivity index (χ0v) is 15.4. The van der Waals surface area contributed by atoms with E-state index in [-0.39, 0.29) is 23.1 Å². The highest BCUT2D eigenvalue weighted by molar-refractivity contribution is 7.89. The number of carbonyl (C=O) groups excluding carboxylic acids is 1. The maximum atomic E-state index is 12.3. The maximum Gasteiger partial charge on any atom is 0.308 e. The minimum atomic E-state index is -3.63. The summed E-state index contributed by atoms with van der Waals surface area (Å²) in [5.74, 6) is -1.96. The van der Waals surface area contributed by atoms with Crippen molar-refractivity contribution in [2.24, 2.45) is 18.9 Å². The summed E-state index contributed by atoms with van der Waals surface area (Å²) < 4.78 is 26.7. The number of amides is 1. The third-order valence-corrected chi connectivity index (χ3v) is 5.39. The van der Waals surface area contributed by atoms with Crippen molar-refractivity contribution >= 4 is 21.9 Å². The number of carbonyl (C=O) groups is 2. The second-order valence-corrected chi connectivity index (χ2v) is 8.49. The molecule has 0 aliphatic carbocycles. The van der Waals surface area contributed by atoms with Gasteiger partial charge in [-0.2, -0.15) is 0 Å². The predicted octanol–water partition coefficient (Wildman–Crippen LogP) is 0.752. The van der Waals surface area contributed by atoms with Gasteiger partial charge in [-0.1, -0.05) is 13.8 Å². The first-order valence-electron chi connectivity index (χ1n) is 7.56. The van der Waals surface area contributed by atoms with Crippen LogP contribution in [0.5, 0.6) is 0 Å². The first-order valence-corrected chi connectivity index (χ1v) is 9.00. The van der Waals surface area contributed by atoms with E-state index in [1.54, 1.807) is 7.05 Å². The molecule has 2 N–H and O–H groups in total. The summed E-state index contributed by atoms with van der Waals surface area (Å²) in [6, 6.07) is 1.28. The lowest BCUT2D eigenvalue weighted by Gasteiger charge is -2.15. The fraction of sp³-hybridized carbons (Fsp3) is 0.600. The van der Waals surface area contributed by atoms with Crippen molar-refractivity contribution in [1.82, 2.24) is 14.2 Å². The normalized spacial score (nSPS) is 13.3. The van der Waals surface area contributed by atoms with E-state index in [9.17, 15) is 23.1 Å². The summed E-state index contributed by atoms with van der Waals surface area (Å²) >= 11 is 0.